The van der Waals surface area contributed by atoms with Crippen LogP contribution in [0.1, 0.15) is 59.7 Å². The summed E-state index contributed by atoms with van der Waals surface area (Å²) >= 11 is 0. The molecule has 0 aliphatic heterocycles. The van der Waals surface area contributed by atoms with Crippen LogP contribution in [0.4, 0.5) is 77.2 Å². The van der Waals surface area contributed by atoms with Crippen molar-refractivity contribution in [1.29, 1.82) is 0 Å². The number of alkyl halides is 10. The zero-order chi connectivity index (χ0) is 45.9. The fourth-order valence-corrected chi connectivity index (χ4v) is 6.01. The van der Waals surface area contributed by atoms with Crippen molar-refractivity contribution in [3.63, 3.8) is 0 Å². The number of aryl methyl sites for hydroxylation is 1. The first kappa shape index (κ1) is 46.3. The Morgan fingerprint density at radius 2 is 0.726 bits per heavy atom. The molecule has 6 aromatic rings. The third kappa shape index (κ3) is 9.87. The van der Waals surface area contributed by atoms with Gasteiger partial charge in [0.1, 0.15) is 34.6 Å². The van der Waals surface area contributed by atoms with Crippen LogP contribution in [0.3, 0.4) is 0 Å². The smallest absolute Gasteiger partial charge is 0.322 e. The van der Waals surface area contributed by atoms with Crippen molar-refractivity contribution in [3.8, 4) is 0 Å². The molecule has 0 atom stereocenters. The summed E-state index contributed by atoms with van der Waals surface area (Å²) in [4.78, 5) is 24.3. The predicted molar refractivity (Wildman–Crippen MR) is 195 cm³/mol. The van der Waals surface area contributed by atoms with Crippen molar-refractivity contribution in [2.45, 2.75) is 31.1 Å². The average Bonchev–Trinajstić information content (AvgIpc) is 3.17. The van der Waals surface area contributed by atoms with Gasteiger partial charge in [-0.1, -0.05) is 54.6 Å². The molecule has 0 bridgehead atoms. The van der Waals surface area contributed by atoms with E-state index in [1.54, 1.807) is 0 Å². The summed E-state index contributed by atoms with van der Waals surface area (Å²) in [6.45, 7) is 1.47. The van der Waals surface area contributed by atoms with Crippen molar-refractivity contribution in [2.24, 2.45) is 0 Å². The quantitative estimate of drug-likeness (QED) is 0.150. The topological polar surface area (TPSA) is 58.2 Å². The molecule has 19 heteroatoms. The number of hydrogen-bond acceptors (Lipinski definition) is 2. The normalized spacial score (nSPS) is 12.0. The maximum atomic E-state index is 14.8. The number of halogens is 15. The highest BCUT2D eigenvalue weighted by atomic mass is 19.4. The van der Waals surface area contributed by atoms with Crippen molar-refractivity contribution in [2.75, 3.05) is 10.6 Å². The summed E-state index contributed by atoms with van der Waals surface area (Å²) in [5.74, 6) is -17.3. The fourth-order valence-electron chi connectivity index (χ4n) is 6.01. The Hall–Kier alpha value is -6.79. The van der Waals surface area contributed by atoms with Crippen molar-refractivity contribution < 1.29 is 75.4 Å². The number of nitrogens with one attached hydrogen (secondary N) is 2. The predicted octanol–water partition coefficient (Wildman–Crippen LogP) is 13.2. The monoisotopic (exact) mass is 886 g/mol. The van der Waals surface area contributed by atoms with Crippen LogP contribution in [0.5, 0.6) is 0 Å². The molecular formula is C43H25F15N2O2. The molecule has 0 spiro atoms. The van der Waals surface area contributed by atoms with E-state index < -0.39 is 110 Å². The molecule has 6 aromatic carbocycles. The highest BCUT2D eigenvalue weighted by Crippen LogP contribution is 2.45. The molecule has 324 valence electrons. The number of hydrogen-bond donors (Lipinski definition) is 2. The molecule has 0 aromatic heterocycles. The van der Waals surface area contributed by atoms with Gasteiger partial charge in [-0.2, -0.15) is 43.9 Å². The first-order valence-corrected chi connectivity index (χ1v) is 17.4. The van der Waals surface area contributed by atoms with Crippen LogP contribution >= 0.6 is 0 Å². The Morgan fingerprint density at radius 3 is 1.08 bits per heavy atom. The molecule has 0 aliphatic carbocycles. The van der Waals surface area contributed by atoms with Crippen LogP contribution in [-0.4, -0.2) is 11.8 Å². The molecule has 4 nitrogen and oxygen atoms in total. The van der Waals surface area contributed by atoms with E-state index in [4.69, 9.17) is 0 Å². The van der Waals surface area contributed by atoms with Gasteiger partial charge in [0.2, 0.25) is 0 Å². The molecule has 62 heavy (non-hydrogen) atoms. The third-order valence-electron chi connectivity index (χ3n) is 8.91. The number of carbonyl (C=O) groups excluding carboxylic acids is 2. The van der Waals surface area contributed by atoms with E-state index in [1.165, 1.54) is 19.1 Å². The van der Waals surface area contributed by atoms with E-state index in [-0.39, 0.29) is 11.3 Å². The maximum absolute atomic E-state index is 14.8. The zero-order valence-electron chi connectivity index (χ0n) is 31.0. The third-order valence-corrected chi connectivity index (χ3v) is 8.91. The minimum absolute atomic E-state index is 0.270. The molecule has 0 heterocycles. The van der Waals surface area contributed by atoms with Crippen molar-refractivity contribution in [1.82, 2.24) is 0 Å². The highest BCUT2D eigenvalue weighted by Gasteiger charge is 2.46. The highest BCUT2D eigenvalue weighted by molar-refractivity contribution is 6.05. The van der Waals surface area contributed by atoms with Crippen LogP contribution in [-0.2, 0) is 24.2 Å². The van der Waals surface area contributed by atoms with Crippen molar-refractivity contribution in [3.05, 3.63) is 200 Å². The Kier molecular flexibility index (Phi) is 13.2. The summed E-state index contributed by atoms with van der Waals surface area (Å²) in [6.07, 6.45) is -10.2. The first-order chi connectivity index (χ1) is 28.8. The van der Waals surface area contributed by atoms with Gasteiger partial charge in [-0.05, 0) is 79.2 Å². The van der Waals surface area contributed by atoms with E-state index in [9.17, 15) is 75.4 Å². The van der Waals surface area contributed by atoms with Crippen molar-refractivity contribution >= 4 is 23.2 Å². The van der Waals surface area contributed by atoms with Gasteiger partial charge in [-0.25, -0.2) is 22.0 Å². The lowest BCUT2D eigenvalue weighted by molar-refractivity contribution is -0.141. The average molecular weight is 887 g/mol. The van der Waals surface area contributed by atoms with Crippen LogP contribution in [0, 0.1) is 36.0 Å². The number of carbonyl (C=O) groups is 2. The van der Waals surface area contributed by atoms with Gasteiger partial charge >= 0.3 is 24.2 Å². The van der Waals surface area contributed by atoms with Crippen LogP contribution < -0.4 is 10.6 Å². The van der Waals surface area contributed by atoms with Gasteiger partial charge in [0.15, 0.2) is 0 Å². The molecule has 0 saturated heterocycles. The number of benzene rings is 6. The Labute approximate surface area is 340 Å². The largest absolute Gasteiger partial charge is 0.416 e. The first-order valence-electron chi connectivity index (χ1n) is 17.4. The molecule has 0 fully saturated rings. The lowest BCUT2D eigenvalue weighted by Gasteiger charge is -2.22. The van der Waals surface area contributed by atoms with Gasteiger partial charge in [-0.3, -0.25) is 9.59 Å². The van der Waals surface area contributed by atoms with Gasteiger partial charge in [0.25, 0.3) is 11.8 Å². The molecule has 2 amide bonds. The lowest BCUT2D eigenvalue weighted by Crippen LogP contribution is -2.23. The molecule has 0 saturated carbocycles. The number of anilines is 2. The summed E-state index contributed by atoms with van der Waals surface area (Å²) in [6, 6.07) is 16.0. The summed E-state index contributed by atoms with van der Waals surface area (Å²) in [5, 5.41) is 4.14. The molecule has 6 rings (SSSR count). The minimum atomic E-state index is -5.10. The maximum Gasteiger partial charge on any atom is 0.416 e. The summed E-state index contributed by atoms with van der Waals surface area (Å²) in [5.41, 5.74) is -10.4. The van der Waals surface area contributed by atoms with Crippen LogP contribution in [0.15, 0.2) is 121 Å². The van der Waals surface area contributed by atoms with Crippen LogP contribution in [0.2, 0.25) is 0 Å². The van der Waals surface area contributed by atoms with Gasteiger partial charge in [0.05, 0.1) is 27.8 Å². The van der Waals surface area contributed by atoms with E-state index in [2.05, 4.69) is 5.32 Å². The lowest BCUT2D eigenvalue weighted by atomic mass is 9.95. The second kappa shape index (κ2) is 17.7. The van der Waals surface area contributed by atoms with E-state index in [0.717, 1.165) is 60.7 Å². The fraction of sp³-hybridized carbons (Fsp3) is 0.116. The second-order valence-corrected chi connectivity index (χ2v) is 13.1. The zero-order valence-corrected chi connectivity index (χ0v) is 31.0. The molecular weight excluding hydrogens is 861 g/mol. The molecule has 2 N–H and O–H groups in total. The Balaban J connectivity index is 0.000000234. The number of rotatable bonds is 8. The molecule has 0 radical (unpaired) electrons. The molecule has 0 aliphatic rings. The minimum Gasteiger partial charge on any atom is -0.322 e. The van der Waals surface area contributed by atoms with E-state index in [1.807, 2.05) is 5.32 Å². The summed E-state index contributed by atoms with van der Waals surface area (Å²) in [7, 11) is 0. The molecule has 0 unspecified atom stereocenters. The van der Waals surface area contributed by atoms with Gasteiger partial charge in [0, 0.05) is 22.5 Å². The Morgan fingerprint density at radius 1 is 0.387 bits per heavy atom. The van der Waals surface area contributed by atoms with E-state index >= 15 is 0 Å². The standard InChI is InChI=1S/C22H14F7NO.C21H11F8NO/c1-12-5-4-8-17(23)19(12)20(31)30-13-9-10-16(18(24)11-13)21(25,26)14-6-2-3-7-15(14)22(27,28)29;22-15-6-3-7-16(23)18(15)19(31)30-11-8-9-14(17(24)10-11)20(25,26)12-4-1-2-5-13(12)21(27,28)29/h2-11H,1H3,(H,30,31);1-10H,(H,30,31). The van der Waals surface area contributed by atoms with Gasteiger partial charge in [-0.15, -0.1) is 0 Å². The van der Waals surface area contributed by atoms with Crippen LogP contribution in [0.25, 0.3) is 0 Å². The second-order valence-electron chi connectivity index (χ2n) is 13.1. The summed E-state index contributed by atoms with van der Waals surface area (Å²) < 4.78 is 208. The number of amides is 2. The SMILES string of the molecule is Cc1cccc(F)c1C(=O)Nc1ccc(C(F)(F)c2ccccc2C(F)(F)F)c(F)c1.O=C(Nc1ccc(C(F)(F)c2ccccc2C(F)(F)F)c(F)c1)c1c(F)cccc1F. The van der Waals surface area contributed by atoms with E-state index in [0.29, 0.717) is 54.1 Å². The van der Waals surface area contributed by atoms with Gasteiger partial charge < -0.3 is 10.6 Å². The Bertz CT molecular complexity index is 2420.